The molecule has 0 bridgehead atoms. The molecule has 0 spiro atoms. The van der Waals surface area contributed by atoms with Crippen LogP contribution in [0.1, 0.15) is 48.9 Å². The van der Waals surface area contributed by atoms with Crippen LogP contribution in [-0.2, 0) is 9.53 Å². The van der Waals surface area contributed by atoms with Crippen molar-refractivity contribution in [3.8, 4) is 5.75 Å². The highest BCUT2D eigenvalue weighted by atomic mass is 16.5. The fourth-order valence-corrected chi connectivity index (χ4v) is 4.36. The van der Waals surface area contributed by atoms with Gasteiger partial charge in [0.15, 0.2) is 0 Å². The highest BCUT2D eigenvalue weighted by molar-refractivity contribution is 5.97. The van der Waals surface area contributed by atoms with Crippen LogP contribution in [0.5, 0.6) is 5.75 Å². The molecule has 1 atom stereocenters. The van der Waals surface area contributed by atoms with E-state index in [1.54, 1.807) is 0 Å². The van der Waals surface area contributed by atoms with E-state index in [0.29, 0.717) is 30.4 Å². The van der Waals surface area contributed by atoms with E-state index in [2.05, 4.69) is 0 Å². The molecule has 3 fully saturated rings. The monoisotopic (exact) mass is 386 g/mol. The SMILES string of the molecule is O=C(c1ccccc1OCC1CCN(C(=O)C2CCCO2)CC1)N1CCCC1. The second-order valence-corrected chi connectivity index (χ2v) is 8.08. The van der Waals surface area contributed by atoms with Gasteiger partial charge in [-0.25, -0.2) is 0 Å². The third-order valence-corrected chi connectivity index (χ3v) is 6.12. The molecule has 3 saturated heterocycles. The highest BCUT2D eigenvalue weighted by Crippen LogP contribution is 2.25. The Bertz CT molecular complexity index is 688. The zero-order valence-corrected chi connectivity index (χ0v) is 16.5. The van der Waals surface area contributed by atoms with Crippen molar-refractivity contribution in [2.45, 2.75) is 44.6 Å². The van der Waals surface area contributed by atoms with Crippen molar-refractivity contribution in [2.24, 2.45) is 5.92 Å². The first-order chi connectivity index (χ1) is 13.7. The molecule has 0 radical (unpaired) electrons. The molecule has 152 valence electrons. The van der Waals surface area contributed by atoms with Gasteiger partial charge in [0.2, 0.25) is 0 Å². The van der Waals surface area contributed by atoms with Crippen molar-refractivity contribution in [3.05, 3.63) is 29.8 Å². The number of carbonyl (C=O) groups is 2. The Kier molecular flexibility index (Phi) is 6.15. The Labute approximate surface area is 166 Å². The number of hydrogen-bond donors (Lipinski definition) is 0. The fourth-order valence-electron chi connectivity index (χ4n) is 4.36. The van der Waals surface area contributed by atoms with Crippen LogP contribution in [0, 0.1) is 5.92 Å². The molecule has 1 aromatic carbocycles. The summed E-state index contributed by atoms with van der Waals surface area (Å²) in [5, 5.41) is 0. The second-order valence-electron chi connectivity index (χ2n) is 8.08. The second kappa shape index (κ2) is 8.95. The fraction of sp³-hybridized carbons (Fsp3) is 0.636. The van der Waals surface area contributed by atoms with E-state index < -0.39 is 0 Å². The highest BCUT2D eigenvalue weighted by Gasteiger charge is 2.31. The summed E-state index contributed by atoms with van der Waals surface area (Å²) in [5.74, 6) is 1.31. The van der Waals surface area contributed by atoms with Crippen LogP contribution < -0.4 is 4.74 Å². The maximum Gasteiger partial charge on any atom is 0.257 e. The summed E-state index contributed by atoms with van der Waals surface area (Å²) in [5.41, 5.74) is 0.662. The van der Waals surface area contributed by atoms with Crippen molar-refractivity contribution < 1.29 is 19.1 Å². The Morgan fingerprint density at radius 1 is 0.964 bits per heavy atom. The summed E-state index contributed by atoms with van der Waals surface area (Å²) < 4.78 is 11.6. The first kappa shape index (κ1) is 19.2. The number of hydrogen-bond acceptors (Lipinski definition) is 4. The molecule has 0 saturated carbocycles. The standard InChI is InChI=1S/C22H30N2O4/c25-21(23-11-3-4-12-23)18-6-1-2-7-19(18)28-16-17-9-13-24(14-10-17)22(26)20-8-5-15-27-20/h1-2,6-7,17,20H,3-5,8-16H2. The van der Waals surface area contributed by atoms with Crippen LogP contribution in [0.2, 0.25) is 0 Å². The largest absolute Gasteiger partial charge is 0.492 e. The van der Waals surface area contributed by atoms with Gasteiger partial charge in [-0.05, 0) is 56.6 Å². The minimum atomic E-state index is -0.226. The molecule has 0 aliphatic carbocycles. The van der Waals surface area contributed by atoms with Crippen LogP contribution in [0.3, 0.4) is 0 Å². The molecule has 4 rings (SSSR count). The van der Waals surface area contributed by atoms with Gasteiger partial charge < -0.3 is 19.3 Å². The molecule has 0 N–H and O–H groups in total. The van der Waals surface area contributed by atoms with Gasteiger partial charge in [0.25, 0.3) is 11.8 Å². The predicted molar refractivity (Wildman–Crippen MR) is 105 cm³/mol. The van der Waals surface area contributed by atoms with Crippen LogP contribution in [0.4, 0.5) is 0 Å². The molecular weight excluding hydrogens is 356 g/mol. The average molecular weight is 386 g/mol. The van der Waals surface area contributed by atoms with Crippen molar-refractivity contribution in [1.29, 1.82) is 0 Å². The lowest BCUT2D eigenvalue weighted by atomic mass is 9.97. The normalized spacial score (nSPS) is 23.2. The minimum absolute atomic E-state index is 0.0741. The molecule has 0 aromatic heterocycles. The van der Waals surface area contributed by atoms with E-state index in [-0.39, 0.29) is 17.9 Å². The predicted octanol–water partition coefficient (Wildman–Crippen LogP) is 2.72. The van der Waals surface area contributed by atoms with E-state index in [9.17, 15) is 9.59 Å². The quantitative estimate of drug-likeness (QED) is 0.781. The summed E-state index contributed by atoms with van der Waals surface area (Å²) in [6.07, 6.45) is 5.63. The van der Waals surface area contributed by atoms with Crippen LogP contribution in [0.15, 0.2) is 24.3 Å². The minimum Gasteiger partial charge on any atom is -0.492 e. The lowest BCUT2D eigenvalue weighted by Gasteiger charge is -2.33. The first-order valence-corrected chi connectivity index (χ1v) is 10.6. The van der Waals surface area contributed by atoms with Gasteiger partial charge in [-0.3, -0.25) is 9.59 Å². The van der Waals surface area contributed by atoms with E-state index in [0.717, 1.165) is 64.7 Å². The van der Waals surface area contributed by atoms with E-state index in [4.69, 9.17) is 9.47 Å². The molecule has 1 unspecified atom stereocenters. The number of rotatable bonds is 5. The zero-order chi connectivity index (χ0) is 19.3. The number of para-hydroxylation sites is 1. The zero-order valence-electron chi connectivity index (χ0n) is 16.5. The number of nitrogens with zero attached hydrogens (tertiary/aromatic N) is 2. The Hall–Kier alpha value is -2.08. The van der Waals surface area contributed by atoms with Crippen molar-refractivity contribution in [3.63, 3.8) is 0 Å². The molecule has 6 nitrogen and oxygen atoms in total. The topological polar surface area (TPSA) is 59.1 Å². The summed E-state index contributed by atoms with van der Waals surface area (Å²) in [4.78, 5) is 29.1. The lowest BCUT2D eigenvalue weighted by Crippen LogP contribution is -2.44. The van der Waals surface area contributed by atoms with Crippen molar-refractivity contribution in [1.82, 2.24) is 9.80 Å². The maximum atomic E-state index is 12.8. The lowest BCUT2D eigenvalue weighted by molar-refractivity contribution is -0.142. The molecular formula is C22H30N2O4. The summed E-state index contributed by atoms with van der Waals surface area (Å²) >= 11 is 0. The Balaban J connectivity index is 1.28. The number of ether oxygens (including phenoxy) is 2. The number of piperidine rings is 1. The van der Waals surface area contributed by atoms with Crippen LogP contribution >= 0.6 is 0 Å². The van der Waals surface area contributed by atoms with Crippen molar-refractivity contribution in [2.75, 3.05) is 39.4 Å². The van der Waals surface area contributed by atoms with Gasteiger partial charge in [-0.2, -0.15) is 0 Å². The Morgan fingerprint density at radius 3 is 2.43 bits per heavy atom. The van der Waals surface area contributed by atoms with Gasteiger partial charge in [0, 0.05) is 32.8 Å². The number of carbonyl (C=O) groups excluding carboxylic acids is 2. The molecule has 28 heavy (non-hydrogen) atoms. The third-order valence-electron chi connectivity index (χ3n) is 6.12. The molecule has 2 amide bonds. The Morgan fingerprint density at radius 2 is 1.71 bits per heavy atom. The molecule has 3 aliphatic rings. The maximum absolute atomic E-state index is 12.8. The third kappa shape index (κ3) is 4.32. The molecule has 3 heterocycles. The van der Waals surface area contributed by atoms with Gasteiger partial charge in [-0.1, -0.05) is 12.1 Å². The summed E-state index contributed by atoms with van der Waals surface area (Å²) in [6.45, 7) is 4.50. The molecule has 6 heteroatoms. The summed E-state index contributed by atoms with van der Waals surface area (Å²) in [6, 6.07) is 7.56. The van der Waals surface area contributed by atoms with Crippen LogP contribution in [-0.4, -0.2) is 67.1 Å². The van der Waals surface area contributed by atoms with E-state index >= 15 is 0 Å². The van der Waals surface area contributed by atoms with Crippen LogP contribution in [0.25, 0.3) is 0 Å². The van der Waals surface area contributed by atoms with Gasteiger partial charge in [-0.15, -0.1) is 0 Å². The van der Waals surface area contributed by atoms with E-state index in [1.807, 2.05) is 34.1 Å². The van der Waals surface area contributed by atoms with Crippen molar-refractivity contribution >= 4 is 11.8 Å². The average Bonchev–Trinajstić information content (AvgIpc) is 3.46. The number of likely N-dealkylation sites (tertiary alicyclic amines) is 2. The molecule has 3 aliphatic heterocycles. The summed E-state index contributed by atoms with van der Waals surface area (Å²) in [7, 11) is 0. The number of benzene rings is 1. The smallest absolute Gasteiger partial charge is 0.257 e. The van der Waals surface area contributed by atoms with Gasteiger partial charge in [0.1, 0.15) is 11.9 Å². The number of amides is 2. The van der Waals surface area contributed by atoms with Gasteiger partial charge in [0.05, 0.1) is 12.2 Å². The molecule has 1 aromatic rings. The van der Waals surface area contributed by atoms with E-state index in [1.165, 1.54) is 0 Å². The first-order valence-electron chi connectivity index (χ1n) is 10.6. The van der Waals surface area contributed by atoms with Gasteiger partial charge >= 0.3 is 0 Å².